The van der Waals surface area contributed by atoms with Gasteiger partial charge in [0.05, 0.1) is 5.39 Å². The number of carbonyl (C=O) groups excluding carboxylic acids is 1. The number of aromatic hydroxyl groups is 2. The third kappa shape index (κ3) is 3.53. The van der Waals surface area contributed by atoms with Crippen LogP contribution in [-0.2, 0) is 0 Å². The van der Waals surface area contributed by atoms with E-state index in [9.17, 15) is 19.8 Å². The monoisotopic (exact) mass is 384 g/mol. The summed E-state index contributed by atoms with van der Waals surface area (Å²) < 4.78 is 5.77. The summed E-state index contributed by atoms with van der Waals surface area (Å²) in [5.41, 5.74) is 0.981. The molecule has 0 amide bonds. The van der Waals surface area contributed by atoms with Gasteiger partial charge in [-0.25, -0.2) is 0 Å². The fraction of sp³-hybridized carbons (Fsp3) is 0. The van der Waals surface area contributed by atoms with Gasteiger partial charge in [0, 0.05) is 11.1 Å². The first-order chi connectivity index (χ1) is 14.0. The van der Waals surface area contributed by atoms with Crippen LogP contribution in [-0.4, -0.2) is 16.0 Å². The first-order valence-electron chi connectivity index (χ1n) is 8.90. The highest BCUT2D eigenvalue weighted by Gasteiger charge is 2.19. The molecule has 0 aliphatic rings. The molecule has 2 N–H and O–H groups in total. The van der Waals surface area contributed by atoms with Gasteiger partial charge in [0.15, 0.2) is 11.5 Å². The van der Waals surface area contributed by atoms with Gasteiger partial charge in [0.2, 0.25) is 11.2 Å². The number of phenolic OH excluding ortho intramolecular Hbond substituents is 1. The number of benzene rings is 3. The molecular weight excluding hydrogens is 368 g/mol. The number of phenols is 1. The summed E-state index contributed by atoms with van der Waals surface area (Å²) in [6, 6.07) is 19.9. The molecular formula is C24H16O5. The molecule has 0 saturated heterocycles. The average Bonchev–Trinajstić information content (AvgIpc) is 2.75. The van der Waals surface area contributed by atoms with Gasteiger partial charge in [-0.2, -0.15) is 0 Å². The molecule has 0 aliphatic carbocycles. The molecule has 4 rings (SSSR count). The molecule has 0 spiro atoms. The number of allylic oxidation sites excluding steroid dienone is 1. The molecule has 29 heavy (non-hydrogen) atoms. The standard InChI is InChI=1S/C24H16O5/c25-17-12-9-15(10-13-17)11-14-19(26)18-7-4-8-20-21(18)22(27)23(28)24(29-20)16-5-2-1-3-6-16/h1-14,25,28H/b14-11+. The quantitative estimate of drug-likeness (QED) is 0.391. The Morgan fingerprint density at radius 3 is 2.31 bits per heavy atom. The van der Waals surface area contributed by atoms with Gasteiger partial charge in [0.25, 0.3) is 0 Å². The molecule has 0 aliphatic heterocycles. The molecule has 3 aromatic carbocycles. The maximum absolute atomic E-state index is 12.8. The fourth-order valence-electron chi connectivity index (χ4n) is 3.07. The Morgan fingerprint density at radius 2 is 1.59 bits per heavy atom. The number of rotatable bonds is 4. The second kappa shape index (κ2) is 7.48. The zero-order chi connectivity index (χ0) is 20.4. The van der Waals surface area contributed by atoms with Gasteiger partial charge in [-0.3, -0.25) is 9.59 Å². The second-order valence-electron chi connectivity index (χ2n) is 6.44. The van der Waals surface area contributed by atoms with Gasteiger partial charge >= 0.3 is 0 Å². The van der Waals surface area contributed by atoms with Crippen LogP contribution in [0.4, 0.5) is 0 Å². The van der Waals surface area contributed by atoms with E-state index in [1.165, 1.54) is 24.3 Å². The van der Waals surface area contributed by atoms with Crippen LogP contribution in [0.5, 0.6) is 11.5 Å². The van der Waals surface area contributed by atoms with Crippen molar-refractivity contribution in [3.8, 4) is 22.8 Å². The van der Waals surface area contributed by atoms with Crippen molar-refractivity contribution in [2.24, 2.45) is 0 Å². The lowest BCUT2D eigenvalue weighted by Gasteiger charge is -2.08. The Labute approximate surface area is 165 Å². The normalized spacial score (nSPS) is 11.2. The molecule has 1 aromatic heterocycles. The molecule has 0 saturated carbocycles. The smallest absolute Gasteiger partial charge is 0.235 e. The molecule has 142 valence electrons. The zero-order valence-corrected chi connectivity index (χ0v) is 15.2. The van der Waals surface area contributed by atoms with Crippen LogP contribution >= 0.6 is 0 Å². The number of ketones is 1. The van der Waals surface area contributed by atoms with E-state index >= 15 is 0 Å². The number of hydrogen-bond acceptors (Lipinski definition) is 5. The van der Waals surface area contributed by atoms with E-state index in [2.05, 4.69) is 0 Å². The largest absolute Gasteiger partial charge is 0.508 e. The fourth-order valence-corrected chi connectivity index (χ4v) is 3.07. The van der Waals surface area contributed by atoms with E-state index < -0.39 is 17.0 Å². The van der Waals surface area contributed by atoms with E-state index in [1.807, 2.05) is 6.07 Å². The van der Waals surface area contributed by atoms with Gasteiger partial charge < -0.3 is 14.6 Å². The summed E-state index contributed by atoms with van der Waals surface area (Å²) in [5, 5.41) is 19.8. The van der Waals surface area contributed by atoms with Crippen molar-refractivity contribution in [1.82, 2.24) is 0 Å². The van der Waals surface area contributed by atoms with Crippen LogP contribution in [0.1, 0.15) is 15.9 Å². The lowest BCUT2D eigenvalue weighted by Crippen LogP contribution is -2.08. The van der Waals surface area contributed by atoms with Gasteiger partial charge in [-0.1, -0.05) is 60.7 Å². The summed E-state index contributed by atoms with van der Waals surface area (Å²) >= 11 is 0. The molecule has 1 heterocycles. The molecule has 0 bridgehead atoms. The van der Waals surface area contributed by atoms with E-state index in [0.29, 0.717) is 5.56 Å². The van der Waals surface area contributed by atoms with Crippen LogP contribution < -0.4 is 5.43 Å². The van der Waals surface area contributed by atoms with Gasteiger partial charge in [-0.15, -0.1) is 0 Å². The molecule has 4 aromatic rings. The Bertz CT molecular complexity index is 1280. The van der Waals surface area contributed by atoms with Crippen LogP contribution in [0.15, 0.2) is 88.1 Å². The van der Waals surface area contributed by atoms with Gasteiger partial charge in [0.1, 0.15) is 11.3 Å². The summed E-state index contributed by atoms with van der Waals surface area (Å²) in [6.07, 6.45) is 2.92. The number of carbonyl (C=O) groups is 1. The van der Waals surface area contributed by atoms with E-state index in [0.717, 1.165) is 5.56 Å². The SMILES string of the molecule is O=C(/C=C/c1ccc(O)cc1)c1cccc2oc(-c3ccccc3)c(O)c(=O)c12. The second-order valence-corrected chi connectivity index (χ2v) is 6.44. The van der Waals surface area contributed by atoms with E-state index in [-0.39, 0.29) is 28.0 Å². The maximum Gasteiger partial charge on any atom is 0.235 e. The van der Waals surface area contributed by atoms with Crippen LogP contribution in [0, 0.1) is 0 Å². The molecule has 0 radical (unpaired) electrons. The van der Waals surface area contributed by atoms with Crippen molar-refractivity contribution in [2.45, 2.75) is 0 Å². The van der Waals surface area contributed by atoms with Crippen molar-refractivity contribution in [2.75, 3.05) is 0 Å². The Balaban J connectivity index is 1.80. The minimum absolute atomic E-state index is 0.0324. The predicted molar refractivity (Wildman–Crippen MR) is 111 cm³/mol. The van der Waals surface area contributed by atoms with Crippen LogP contribution in [0.3, 0.4) is 0 Å². The molecule has 0 atom stereocenters. The van der Waals surface area contributed by atoms with Crippen LogP contribution in [0.2, 0.25) is 0 Å². The van der Waals surface area contributed by atoms with Crippen molar-refractivity contribution >= 4 is 22.8 Å². The third-order valence-electron chi connectivity index (χ3n) is 4.52. The minimum atomic E-state index is -0.660. The van der Waals surface area contributed by atoms with Crippen molar-refractivity contribution in [3.63, 3.8) is 0 Å². The van der Waals surface area contributed by atoms with Crippen LogP contribution in [0.25, 0.3) is 28.4 Å². The molecule has 5 nitrogen and oxygen atoms in total. The van der Waals surface area contributed by atoms with Crippen molar-refractivity contribution < 1.29 is 19.4 Å². The Morgan fingerprint density at radius 1 is 0.862 bits per heavy atom. The predicted octanol–water partition coefficient (Wildman–Crippen LogP) is 4.77. The topological polar surface area (TPSA) is 87.7 Å². The average molecular weight is 384 g/mol. The van der Waals surface area contributed by atoms with Crippen molar-refractivity contribution in [3.05, 3.63) is 100 Å². The summed E-state index contributed by atoms with van der Waals surface area (Å²) in [5.74, 6) is -0.744. The molecule has 5 heteroatoms. The zero-order valence-electron chi connectivity index (χ0n) is 15.2. The first kappa shape index (κ1) is 18.3. The number of fused-ring (bicyclic) bond motifs is 1. The summed E-state index contributed by atoms with van der Waals surface area (Å²) in [6.45, 7) is 0. The summed E-state index contributed by atoms with van der Waals surface area (Å²) in [4.78, 5) is 25.6. The molecule has 0 unspecified atom stereocenters. The maximum atomic E-state index is 12.8. The highest BCUT2D eigenvalue weighted by Crippen LogP contribution is 2.31. The summed E-state index contributed by atoms with van der Waals surface area (Å²) in [7, 11) is 0. The number of hydrogen-bond donors (Lipinski definition) is 2. The lowest BCUT2D eigenvalue weighted by molar-refractivity contribution is 0.104. The van der Waals surface area contributed by atoms with Gasteiger partial charge in [-0.05, 0) is 29.8 Å². The molecule has 0 fully saturated rings. The van der Waals surface area contributed by atoms with Crippen molar-refractivity contribution in [1.29, 1.82) is 0 Å². The first-order valence-corrected chi connectivity index (χ1v) is 8.90. The highest BCUT2D eigenvalue weighted by molar-refractivity contribution is 6.14. The Kier molecular flexibility index (Phi) is 4.71. The minimum Gasteiger partial charge on any atom is -0.508 e. The van der Waals surface area contributed by atoms with E-state index in [4.69, 9.17) is 4.42 Å². The third-order valence-corrected chi connectivity index (χ3v) is 4.52. The lowest BCUT2D eigenvalue weighted by atomic mass is 10.0. The highest BCUT2D eigenvalue weighted by atomic mass is 16.4. The Hall–Kier alpha value is -4.12. The van der Waals surface area contributed by atoms with E-state index in [1.54, 1.807) is 54.6 Å².